The van der Waals surface area contributed by atoms with Gasteiger partial charge in [0.2, 0.25) is 0 Å². The van der Waals surface area contributed by atoms with Gasteiger partial charge in [0.1, 0.15) is 0 Å². The summed E-state index contributed by atoms with van der Waals surface area (Å²) in [6, 6.07) is 18.1. The summed E-state index contributed by atoms with van der Waals surface area (Å²) in [4.78, 5) is 14.4. The zero-order chi connectivity index (χ0) is 15.9. The highest BCUT2D eigenvalue weighted by Gasteiger charge is 2.17. The second-order valence-electron chi connectivity index (χ2n) is 5.69. The van der Waals surface area contributed by atoms with Crippen LogP contribution in [0.1, 0.15) is 31.9 Å². The summed E-state index contributed by atoms with van der Waals surface area (Å²) in [6.45, 7) is 6.79. The Bertz CT molecular complexity index is 591. The number of aryl methyl sites for hydroxylation is 1. The lowest BCUT2D eigenvalue weighted by Crippen LogP contribution is -2.39. The number of rotatable bonds is 5. The number of nitrogens with one attached hydrogen (secondary N) is 1. The molecule has 116 valence electrons. The third-order valence-corrected chi connectivity index (χ3v) is 3.69. The van der Waals surface area contributed by atoms with Crippen molar-refractivity contribution in [1.82, 2.24) is 4.90 Å². The molecule has 2 rings (SSSR count). The Balaban J connectivity index is 2.05. The predicted octanol–water partition coefficient (Wildman–Crippen LogP) is 4.69. The molecule has 2 amide bonds. The number of benzene rings is 2. The maximum absolute atomic E-state index is 12.5. The lowest BCUT2D eigenvalue weighted by atomic mass is 10.1. The molecule has 0 heterocycles. The van der Waals surface area contributed by atoms with Crippen LogP contribution in [0.15, 0.2) is 54.6 Å². The quantitative estimate of drug-likeness (QED) is 0.852. The SMILES string of the molecule is CCc1ccc(NC(=O)N(Cc2ccccc2)C(C)C)cc1. The number of anilines is 1. The van der Waals surface area contributed by atoms with Crippen LogP contribution >= 0.6 is 0 Å². The maximum Gasteiger partial charge on any atom is 0.322 e. The summed E-state index contributed by atoms with van der Waals surface area (Å²) in [7, 11) is 0. The first-order valence-corrected chi connectivity index (χ1v) is 7.80. The lowest BCUT2D eigenvalue weighted by molar-refractivity contribution is 0.193. The summed E-state index contributed by atoms with van der Waals surface area (Å²) < 4.78 is 0. The average Bonchev–Trinajstić information content (AvgIpc) is 2.54. The number of hydrogen-bond donors (Lipinski definition) is 1. The van der Waals surface area contributed by atoms with Gasteiger partial charge in [0, 0.05) is 18.3 Å². The van der Waals surface area contributed by atoms with Gasteiger partial charge in [0.05, 0.1) is 0 Å². The second-order valence-corrected chi connectivity index (χ2v) is 5.69. The van der Waals surface area contributed by atoms with Crippen molar-refractivity contribution in [3.8, 4) is 0 Å². The molecule has 0 aromatic heterocycles. The van der Waals surface area contributed by atoms with Crippen LogP contribution in [-0.4, -0.2) is 17.0 Å². The van der Waals surface area contributed by atoms with Crippen LogP contribution in [0.25, 0.3) is 0 Å². The van der Waals surface area contributed by atoms with Gasteiger partial charge in [-0.2, -0.15) is 0 Å². The Hall–Kier alpha value is -2.29. The highest BCUT2D eigenvalue weighted by molar-refractivity contribution is 5.89. The first-order chi connectivity index (χ1) is 10.6. The van der Waals surface area contributed by atoms with Gasteiger partial charge in [-0.25, -0.2) is 4.79 Å². The Morgan fingerprint density at radius 2 is 1.64 bits per heavy atom. The minimum atomic E-state index is -0.0666. The van der Waals surface area contributed by atoms with Gasteiger partial charge in [-0.1, -0.05) is 49.4 Å². The van der Waals surface area contributed by atoms with Gasteiger partial charge >= 0.3 is 6.03 Å². The fourth-order valence-corrected chi connectivity index (χ4v) is 2.29. The molecular formula is C19H24N2O. The third kappa shape index (κ3) is 4.35. The number of urea groups is 1. The van der Waals surface area contributed by atoms with Crippen LogP contribution < -0.4 is 5.32 Å². The number of nitrogens with zero attached hydrogens (tertiary/aromatic N) is 1. The van der Waals surface area contributed by atoms with Crippen LogP contribution in [0.4, 0.5) is 10.5 Å². The van der Waals surface area contributed by atoms with Crippen molar-refractivity contribution in [2.75, 3.05) is 5.32 Å². The fourth-order valence-electron chi connectivity index (χ4n) is 2.29. The van der Waals surface area contributed by atoms with Crippen molar-refractivity contribution >= 4 is 11.7 Å². The fraction of sp³-hybridized carbons (Fsp3) is 0.316. The molecule has 2 aromatic rings. The summed E-state index contributed by atoms with van der Waals surface area (Å²) >= 11 is 0. The van der Waals surface area contributed by atoms with Crippen molar-refractivity contribution < 1.29 is 4.79 Å². The summed E-state index contributed by atoms with van der Waals surface area (Å²) in [5.41, 5.74) is 3.23. The molecule has 3 nitrogen and oxygen atoms in total. The van der Waals surface area contributed by atoms with Crippen molar-refractivity contribution in [2.24, 2.45) is 0 Å². The van der Waals surface area contributed by atoms with Crippen molar-refractivity contribution in [3.05, 3.63) is 65.7 Å². The first-order valence-electron chi connectivity index (χ1n) is 7.80. The molecule has 0 aliphatic carbocycles. The second kappa shape index (κ2) is 7.64. The van der Waals surface area contributed by atoms with E-state index in [0.717, 1.165) is 17.7 Å². The maximum atomic E-state index is 12.5. The van der Waals surface area contributed by atoms with E-state index < -0.39 is 0 Å². The van der Waals surface area contributed by atoms with Crippen LogP contribution in [-0.2, 0) is 13.0 Å². The van der Waals surface area contributed by atoms with Gasteiger partial charge in [0.15, 0.2) is 0 Å². The van der Waals surface area contributed by atoms with E-state index >= 15 is 0 Å². The highest BCUT2D eigenvalue weighted by Crippen LogP contribution is 2.14. The van der Waals surface area contributed by atoms with E-state index in [0.29, 0.717) is 6.54 Å². The molecule has 0 aliphatic rings. The summed E-state index contributed by atoms with van der Waals surface area (Å²) in [5.74, 6) is 0. The predicted molar refractivity (Wildman–Crippen MR) is 92.0 cm³/mol. The summed E-state index contributed by atoms with van der Waals surface area (Å²) in [5, 5.41) is 2.98. The molecule has 0 spiro atoms. The van der Waals surface area contributed by atoms with Crippen LogP contribution in [0.3, 0.4) is 0 Å². The molecule has 0 radical (unpaired) electrons. The van der Waals surface area contributed by atoms with Crippen molar-refractivity contribution in [1.29, 1.82) is 0 Å². The molecule has 2 aromatic carbocycles. The van der Waals surface area contributed by atoms with E-state index in [9.17, 15) is 4.79 Å². The topological polar surface area (TPSA) is 32.3 Å². The van der Waals surface area contributed by atoms with Crippen molar-refractivity contribution in [3.63, 3.8) is 0 Å². The molecule has 0 atom stereocenters. The van der Waals surface area contributed by atoms with E-state index in [4.69, 9.17) is 0 Å². The van der Waals surface area contributed by atoms with E-state index in [2.05, 4.69) is 12.2 Å². The van der Waals surface area contributed by atoms with Crippen molar-refractivity contribution in [2.45, 2.75) is 39.8 Å². The van der Waals surface area contributed by atoms with Crippen LogP contribution in [0.5, 0.6) is 0 Å². The number of amides is 2. The smallest absolute Gasteiger partial charge is 0.318 e. The zero-order valence-electron chi connectivity index (χ0n) is 13.5. The first kappa shape index (κ1) is 16.1. The number of carbonyl (C=O) groups excluding carboxylic acids is 1. The van der Waals surface area contributed by atoms with Crippen LogP contribution in [0.2, 0.25) is 0 Å². The summed E-state index contributed by atoms with van der Waals surface area (Å²) in [6.07, 6.45) is 1.00. The average molecular weight is 296 g/mol. The standard InChI is InChI=1S/C19H24N2O/c1-4-16-10-12-18(13-11-16)20-19(22)21(15(2)3)14-17-8-6-5-7-9-17/h5-13,15H,4,14H2,1-3H3,(H,20,22). The Morgan fingerprint density at radius 3 is 2.18 bits per heavy atom. The number of carbonyl (C=O) groups is 1. The van der Waals surface area contributed by atoms with E-state index in [1.165, 1.54) is 5.56 Å². The van der Waals surface area contributed by atoms with Crippen LogP contribution in [0, 0.1) is 0 Å². The molecule has 22 heavy (non-hydrogen) atoms. The minimum Gasteiger partial charge on any atom is -0.318 e. The van der Waals surface area contributed by atoms with E-state index in [-0.39, 0.29) is 12.1 Å². The molecule has 3 heteroatoms. The Kier molecular flexibility index (Phi) is 5.59. The largest absolute Gasteiger partial charge is 0.322 e. The molecule has 0 saturated heterocycles. The van der Waals surface area contributed by atoms with E-state index in [1.54, 1.807) is 0 Å². The van der Waals surface area contributed by atoms with Gasteiger partial charge in [-0.15, -0.1) is 0 Å². The molecule has 0 aliphatic heterocycles. The Morgan fingerprint density at radius 1 is 1.00 bits per heavy atom. The van der Waals surface area contributed by atoms with Gasteiger partial charge < -0.3 is 10.2 Å². The third-order valence-electron chi connectivity index (χ3n) is 3.69. The highest BCUT2D eigenvalue weighted by atomic mass is 16.2. The number of hydrogen-bond acceptors (Lipinski definition) is 1. The molecule has 1 N–H and O–H groups in total. The molecule has 0 bridgehead atoms. The Labute approximate surface area is 133 Å². The molecule has 0 saturated carbocycles. The normalized spacial score (nSPS) is 10.5. The molecular weight excluding hydrogens is 272 g/mol. The zero-order valence-corrected chi connectivity index (χ0v) is 13.5. The lowest BCUT2D eigenvalue weighted by Gasteiger charge is -2.27. The monoisotopic (exact) mass is 296 g/mol. The van der Waals surface area contributed by atoms with Gasteiger partial charge in [0.25, 0.3) is 0 Å². The van der Waals surface area contributed by atoms with Gasteiger partial charge in [-0.3, -0.25) is 0 Å². The minimum absolute atomic E-state index is 0.0666. The van der Waals surface area contributed by atoms with Gasteiger partial charge in [-0.05, 0) is 43.5 Å². The molecule has 0 fully saturated rings. The van der Waals surface area contributed by atoms with E-state index in [1.807, 2.05) is 73.3 Å². The molecule has 0 unspecified atom stereocenters.